The van der Waals surface area contributed by atoms with E-state index in [1.807, 2.05) is 30.3 Å². The van der Waals surface area contributed by atoms with Crippen LogP contribution in [0.5, 0.6) is 5.75 Å². The molecule has 0 fully saturated rings. The Labute approximate surface area is 142 Å². The van der Waals surface area contributed by atoms with Crippen molar-refractivity contribution in [2.24, 2.45) is 0 Å². The Hall–Kier alpha value is -3.60. The summed E-state index contributed by atoms with van der Waals surface area (Å²) in [6.07, 6.45) is 0. The standard InChI is InChI=1S/C20H13NO4/c22-14-9-8-13-10-17(20(24)25-18(13)11-14)21-19(23)16-7-3-5-12-4-1-2-6-15(12)16/h1-11,22H,(H,21,23). The number of hydrogen-bond donors (Lipinski definition) is 2. The maximum Gasteiger partial charge on any atom is 0.360 e. The van der Waals surface area contributed by atoms with Crippen LogP contribution in [-0.4, -0.2) is 11.0 Å². The SMILES string of the molecule is O=C(Nc1cc2ccc(O)cc2oc1=O)c1cccc2ccccc12. The van der Waals surface area contributed by atoms with E-state index in [2.05, 4.69) is 5.32 Å². The number of hydrogen-bond acceptors (Lipinski definition) is 4. The van der Waals surface area contributed by atoms with Crippen molar-refractivity contribution in [1.82, 2.24) is 0 Å². The molecule has 0 aliphatic rings. The van der Waals surface area contributed by atoms with Gasteiger partial charge in [0.2, 0.25) is 0 Å². The van der Waals surface area contributed by atoms with Gasteiger partial charge in [0.1, 0.15) is 17.0 Å². The zero-order valence-electron chi connectivity index (χ0n) is 13.0. The van der Waals surface area contributed by atoms with E-state index >= 15 is 0 Å². The summed E-state index contributed by atoms with van der Waals surface area (Å²) < 4.78 is 5.17. The molecule has 25 heavy (non-hydrogen) atoms. The molecule has 1 aromatic heterocycles. The predicted octanol–water partition coefficient (Wildman–Crippen LogP) is 3.90. The Bertz CT molecular complexity index is 1170. The number of anilines is 1. The van der Waals surface area contributed by atoms with Crippen LogP contribution in [0.4, 0.5) is 5.69 Å². The van der Waals surface area contributed by atoms with Crippen LogP contribution in [-0.2, 0) is 0 Å². The second-order valence-electron chi connectivity index (χ2n) is 5.65. The third kappa shape index (κ3) is 2.72. The van der Waals surface area contributed by atoms with Gasteiger partial charge >= 0.3 is 5.63 Å². The van der Waals surface area contributed by atoms with Gasteiger partial charge in [-0.15, -0.1) is 0 Å². The van der Waals surface area contributed by atoms with Crippen LogP contribution in [0.2, 0.25) is 0 Å². The lowest BCUT2D eigenvalue weighted by molar-refractivity contribution is 0.102. The number of nitrogens with one attached hydrogen (secondary N) is 1. The third-order valence-corrected chi connectivity index (χ3v) is 4.00. The Kier molecular flexibility index (Phi) is 3.47. The summed E-state index contributed by atoms with van der Waals surface area (Å²) in [6.45, 7) is 0. The summed E-state index contributed by atoms with van der Waals surface area (Å²) in [6, 6.07) is 18.9. The number of carbonyl (C=O) groups is 1. The molecule has 2 N–H and O–H groups in total. The molecule has 122 valence electrons. The van der Waals surface area contributed by atoms with Gasteiger partial charge in [-0.25, -0.2) is 4.79 Å². The summed E-state index contributed by atoms with van der Waals surface area (Å²) >= 11 is 0. The van der Waals surface area contributed by atoms with Gasteiger partial charge in [0, 0.05) is 17.0 Å². The van der Waals surface area contributed by atoms with Crippen molar-refractivity contribution >= 4 is 33.3 Å². The van der Waals surface area contributed by atoms with E-state index in [4.69, 9.17) is 4.42 Å². The van der Waals surface area contributed by atoms with Gasteiger partial charge in [0.05, 0.1) is 0 Å². The van der Waals surface area contributed by atoms with Gasteiger partial charge in [0.25, 0.3) is 5.91 Å². The highest BCUT2D eigenvalue weighted by Gasteiger charge is 2.13. The monoisotopic (exact) mass is 331 g/mol. The molecule has 4 rings (SSSR count). The molecule has 0 aliphatic carbocycles. The van der Waals surface area contributed by atoms with E-state index in [0.29, 0.717) is 10.9 Å². The Morgan fingerprint density at radius 3 is 2.60 bits per heavy atom. The number of fused-ring (bicyclic) bond motifs is 2. The Morgan fingerprint density at radius 2 is 1.72 bits per heavy atom. The molecule has 0 atom stereocenters. The van der Waals surface area contributed by atoms with Crippen LogP contribution >= 0.6 is 0 Å². The fourth-order valence-corrected chi connectivity index (χ4v) is 2.80. The Morgan fingerprint density at radius 1 is 0.920 bits per heavy atom. The minimum atomic E-state index is -0.674. The van der Waals surface area contributed by atoms with E-state index in [1.165, 1.54) is 18.2 Å². The highest BCUT2D eigenvalue weighted by Crippen LogP contribution is 2.22. The van der Waals surface area contributed by atoms with Crippen molar-refractivity contribution in [2.45, 2.75) is 0 Å². The van der Waals surface area contributed by atoms with Crippen molar-refractivity contribution in [3.05, 3.63) is 82.7 Å². The molecule has 0 aliphatic heterocycles. The molecule has 0 unspecified atom stereocenters. The Balaban J connectivity index is 1.75. The maximum absolute atomic E-state index is 12.6. The number of phenolic OH excluding ortho intramolecular Hbond substituents is 1. The molecule has 1 heterocycles. The summed E-state index contributed by atoms with van der Waals surface area (Å²) in [5.74, 6) is -0.384. The fourth-order valence-electron chi connectivity index (χ4n) is 2.80. The van der Waals surface area contributed by atoms with Crippen LogP contribution in [0.15, 0.2) is 75.9 Å². The predicted molar refractivity (Wildman–Crippen MR) is 96.0 cm³/mol. The van der Waals surface area contributed by atoms with Crippen molar-refractivity contribution in [3.8, 4) is 5.75 Å². The molecular weight excluding hydrogens is 318 g/mol. The molecule has 0 radical (unpaired) electrons. The fraction of sp³-hybridized carbons (Fsp3) is 0. The average molecular weight is 331 g/mol. The van der Waals surface area contributed by atoms with Crippen LogP contribution in [0.3, 0.4) is 0 Å². The zero-order valence-corrected chi connectivity index (χ0v) is 13.0. The molecule has 0 saturated heterocycles. The molecule has 5 heteroatoms. The number of aromatic hydroxyl groups is 1. The summed E-state index contributed by atoms with van der Waals surface area (Å²) in [4.78, 5) is 24.8. The molecule has 0 bridgehead atoms. The van der Waals surface area contributed by atoms with Crippen molar-refractivity contribution in [3.63, 3.8) is 0 Å². The summed E-state index contributed by atoms with van der Waals surface area (Å²) in [7, 11) is 0. The van der Waals surface area contributed by atoms with Crippen molar-refractivity contribution in [2.75, 3.05) is 5.32 Å². The van der Waals surface area contributed by atoms with Gasteiger partial charge in [-0.2, -0.15) is 0 Å². The minimum Gasteiger partial charge on any atom is -0.508 e. The molecule has 5 nitrogen and oxygen atoms in total. The second-order valence-corrected chi connectivity index (χ2v) is 5.65. The van der Waals surface area contributed by atoms with E-state index in [9.17, 15) is 14.7 Å². The topological polar surface area (TPSA) is 79.5 Å². The number of amides is 1. The second kappa shape index (κ2) is 5.79. The summed E-state index contributed by atoms with van der Waals surface area (Å²) in [5, 5.41) is 14.4. The van der Waals surface area contributed by atoms with E-state index in [-0.39, 0.29) is 22.9 Å². The lowest BCUT2D eigenvalue weighted by Crippen LogP contribution is -2.18. The van der Waals surface area contributed by atoms with Crippen LogP contribution in [0.1, 0.15) is 10.4 Å². The largest absolute Gasteiger partial charge is 0.508 e. The summed E-state index contributed by atoms with van der Waals surface area (Å²) in [5.41, 5.74) is 0.110. The normalized spacial score (nSPS) is 10.9. The first-order chi connectivity index (χ1) is 12.1. The lowest BCUT2D eigenvalue weighted by atomic mass is 10.0. The third-order valence-electron chi connectivity index (χ3n) is 4.00. The molecule has 4 aromatic rings. The molecular formula is C20H13NO4. The highest BCUT2D eigenvalue weighted by molar-refractivity contribution is 6.13. The maximum atomic E-state index is 12.6. The minimum absolute atomic E-state index is 0.00295. The van der Waals surface area contributed by atoms with Crippen LogP contribution < -0.4 is 10.9 Å². The first kappa shape index (κ1) is 15.0. The zero-order chi connectivity index (χ0) is 17.4. The smallest absolute Gasteiger partial charge is 0.360 e. The van der Waals surface area contributed by atoms with E-state index in [1.54, 1.807) is 18.2 Å². The molecule has 0 spiro atoms. The van der Waals surface area contributed by atoms with Crippen molar-refractivity contribution in [1.29, 1.82) is 0 Å². The van der Waals surface area contributed by atoms with Gasteiger partial charge in [-0.3, -0.25) is 4.79 Å². The average Bonchev–Trinajstić information content (AvgIpc) is 2.62. The number of rotatable bonds is 2. The molecule has 3 aromatic carbocycles. The first-order valence-electron chi connectivity index (χ1n) is 7.68. The number of carbonyl (C=O) groups excluding carboxylic acids is 1. The van der Waals surface area contributed by atoms with E-state index < -0.39 is 5.63 Å². The van der Waals surface area contributed by atoms with Crippen molar-refractivity contribution < 1.29 is 14.3 Å². The van der Waals surface area contributed by atoms with Gasteiger partial charge in [-0.05, 0) is 35.0 Å². The molecule has 1 amide bonds. The quantitative estimate of drug-likeness (QED) is 0.546. The van der Waals surface area contributed by atoms with Crippen LogP contribution in [0.25, 0.3) is 21.7 Å². The molecule has 0 saturated carbocycles. The number of benzene rings is 3. The highest BCUT2D eigenvalue weighted by atomic mass is 16.4. The van der Waals surface area contributed by atoms with Gasteiger partial charge in [-0.1, -0.05) is 36.4 Å². The number of phenols is 1. The van der Waals surface area contributed by atoms with E-state index in [0.717, 1.165) is 10.8 Å². The van der Waals surface area contributed by atoms with Gasteiger partial charge < -0.3 is 14.8 Å². The van der Waals surface area contributed by atoms with Crippen LogP contribution in [0, 0.1) is 0 Å². The first-order valence-corrected chi connectivity index (χ1v) is 7.68. The lowest BCUT2D eigenvalue weighted by Gasteiger charge is -2.08. The van der Waals surface area contributed by atoms with Gasteiger partial charge in [0.15, 0.2) is 0 Å².